The summed E-state index contributed by atoms with van der Waals surface area (Å²) in [6.07, 6.45) is 6.80. The molecule has 2 amide bonds. The molecule has 2 aromatic carbocycles. The van der Waals surface area contributed by atoms with Gasteiger partial charge >= 0.3 is 5.97 Å². The molecule has 0 radical (unpaired) electrons. The predicted molar refractivity (Wildman–Crippen MR) is 134 cm³/mol. The summed E-state index contributed by atoms with van der Waals surface area (Å²) in [4.78, 5) is 35.5. The Kier molecular flexibility index (Phi) is 8.40. The number of benzene rings is 2. The minimum atomic E-state index is -0.712. The second-order valence-electron chi connectivity index (χ2n) is 9.77. The van der Waals surface area contributed by atoms with E-state index in [4.69, 9.17) is 9.84 Å². The van der Waals surface area contributed by atoms with Gasteiger partial charge in [-0.2, -0.15) is 0 Å². The second kappa shape index (κ2) is 11.9. The van der Waals surface area contributed by atoms with Crippen molar-refractivity contribution >= 4 is 23.5 Å². The summed E-state index contributed by atoms with van der Waals surface area (Å²) in [5.41, 5.74) is 2.50. The van der Waals surface area contributed by atoms with Crippen molar-refractivity contribution in [3.63, 3.8) is 0 Å². The first kappa shape index (κ1) is 24.8. The minimum Gasteiger partial charge on any atom is -0.493 e. The zero-order valence-electron chi connectivity index (χ0n) is 20.0. The van der Waals surface area contributed by atoms with Gasteiger partial charge in [-0.15, -0.1) is 0 Å². The Morgan fingerprint density at radius 1 is 0.857 bits per heavy atom. The van der Waals surface area contributed by atoms with Gasteiger partial charge in [0.1, 0.15) is 5.75 Å². The van der Waals surface area contributed by atoms with Crippen LogP contribution in [0.25, 0.3) is 0 Å². The van der Waals surface area contributed by atoms with Crippen LogP contribution >= 0.6 is 0 Å². The van der Waals surface area contributed by atoms with Gasteiger partial charge < -0.3 is 20.5 Å². The molecular weight excluding hydrogens is 444 g/mol. The number of amides is 2. The third-order valence-electron chi connectivity index (χ3n) is 6.91. The van der Waals surface area contributed by atoms with Crippen molar-refractivity contribution in [2.75, 3.05) is 18.5 Å². The number of aliphatic carboxylic acids is 1. The lowest BCUT2D eigenvalue weighted by Gasteiger charge is -2.28. The third-order valence-corrected chi connectivity index (χ3v) is 6.91. The number of carbonyl (C=O) groups excluding carboxylic acids is 2. The molecule has 4 rings (SSSR count). The van der Waals surface area contributed by atoms with Crippen molar-refractivity contribution in [1.82, 2.24) is 5.32 Å². The molecule has 2 saturated carbocycles. The van der Waals surface area contributed by atoms with Gasteiger partial charge in [0.25, 0.3) is 5.91 Å². The molecule has 186 valence electrons. The molecule has 2 aliphatic carbocycles. The van der Waals surface area contributed by atoms with E-state index in [1.54, 1.807) is 24.3 Å². The van der Waals surface area contributed by atoms with Crippen molar-refractivity contribution < 1.29 is 24.2 Å². The fourth-order valence-corrected chi connectivity index (χ4v) is 4.60. The first-order valence-corrected chi connectivity index (χ1v) is 12.6. The standard InChI is InChI=1S/C28H34N2O5/c31-26(15-16-29-28(34)23-9-13-25(14-10-23)35-18-20-1-2-20)30-24-11-7-22(8-12-24)21-5-3-19(4-6-21)17-27(32)33/h7-14,19-21H,1-6,15-18H2,(H,29,34)(H,30,31)(H,32,33)/t19-,21-. The molecule has 0 atom stereocenters. The Labute approximate surface area is 206 Å². The number of carbonyl (C=O) groups is 3. The Hall–Kier alpha value is -3.35. The lowest BCUT2D eigenvalue weighted by atomic mass is 9.77. The first-order chi connectivity index (χ1) is 17.0. The molecule has 35 heavy (non-hydrogen) atoms. The number of anilines is 1. The van der Waals surface area contributed by atoms with E-state index >= 15 is 0 Å². The lowest BCUT2D eigenvalue weighted by molar-refractivity contribution is -0.138. The van der Waals surface area contributed by atoms with E-state index in [0.29, 0.717) is 17.4 Å². The first-order valence-electron chi connectivity index (χ1n) is 12.6. The molecule has 0 aromatic heterocycles. The topological polar surface area (TPSA) is 105 Å². The summed E-state index contributed by atoms with van der Waals surface area (Å²) >= 11 is 0. The zero-order valence-corrected chi connectivity index (χ0v) is 20.0. The molecule has 0 heterocycles. The highest BCUT2D eigenvalue weighted by Crippen LogP contribution is 2.37. The number of carboxylic acids is 1. The number of carboxylic acid groups (broad SMARTS) is 1. The van der Waals surface area contributed by atoms with Crippen LogP contribution in [0.15, 0.2) is 48.5 Å². The molecule has 2 aromatic rings. The largest absolute Gasteiger partial charge is 0.493 e. The quantitative estimate of drug-likeness (QED) is 0.422. The van der Waals surface area contributed by atoms with Gasteiger partial charge in [0, 0.05) is 30.6 Å². The van der Waals surface area contributed by atoms with Crippen molar-refractivity contribution in [3.8, 4) is 5.75 Å². The maximum atomic E-state index is 12.3. The Morgan fingerprint density at radius 2 is 1.51 bits per heavy atom. The van der Waals surface area contributed by atoms with E-state index < -0.39 is 5.97 Å². The number of hydrogen-bond acceptors (Lipinski definition) is 4. The maximum absolute atomic E-state index is 12.3. The van der Waals surface area contributed by atoms with Crippen molar-refractivity contribution in [3.05, 3.63) is 59.7 Å². The highest BCUT2D eigenvalue weighted by atomic mass is 16.5. The van der Waals surface area contributed by atoms with Crippen molar-refractivity contribution in [1.29, 1.82) is 0 Å². The van der Waals surface area contributed by atoms with E-state index in [-0.39, 0.29) is 37.1 Å². The number of ether oxygens (including phenoxy) is 1. The van der Waals surface area contributed by atoms with Crippen LogP contribution < -0.4 is 15.4 Å². The van der Waals surface area contributed by atoms with E-state index in [1.165, 1.54) is 18.4 Å². The molecule has 0 spiro atoms. The molecule has 3 N–H and O–H groups in total. The number of rotatable bonds is 11. The highest BCUT2D eigenvalue weighted by Gasteiger charge is 2.24. The van der Waals surface area contributed by atoms with Gasteiger partial charge in [0.2, 0.25) is 5.91 Å². The summed E-state index contributed by atoms with van der Waals surface area (Å²) in [5.74, 6) is 1.09. The third kappa shape index (κ3) is 7.84. The van der Waals surface area contributed by atoms with Crippen molar-refractivity contribution in [2.45, 2.75) is 57.3 Å². The maximum Gasteiger partial charge on any atom is 0.303 e. The van der Waals surface area contributed by atoms with Gasteiger partial charge in [0.05, 0.1) is 6.61 Å². The van der Waals surface area contributed by atoms with Gasteiger partial charge in [-0.1, -0.05) is 12.1 Å². The van der Waals surface area contributed by atoms with Gasteiger partial charge in [0.15, 0.2) is 0 Å². The smallest absolute Gasteiger partial charge is 0.303 e. The van der Waals surface area contributed by atoms with Crippen LogP contribution in [0.5, 0.6) is 5.75 Å². The summed E-state index contributed by atoms with van der Waals surface area (Å²) < 4.78 is 5.69. The molecule has 0 saturated heterocycles. The molecule has 2 aliphatic rings. The molecule has 2 fully saturated rings. The molecule has 0 bridgehead atoms. The molecule has 0 aliphatic heterocycles. The van der Waals surface area contributed by atoms with Crippen LogP contribution in [0.4, 0.5) is 5.69 Å². The van der Waals surface area contributed by atoms with Crippen molar-refractivity contribution in [2.24, 2.45) is 11.8 Å². The van der Waals surface area contributed by atoms with Crippen LogP contribution in [-0.2, 0) is 9.59 Å². The monoisotopic (exact) mass is 478 g/mol. The summed E-state index contributed by atoms with van der Waals surface area (Å²) in [5, 5.41) is 14.6. The van der Waals surface area contributed by atoms with E-state index in [1.807, 2.05) is 24.3 Å². The van der Waals surface area contributed by atoms with E-state index in [0.717, 1.165) is 43.7 Å². The molecule has 7 heteroatoms. The normalized spacial score (nSPS) is 19.5. The number of nitrogens with one attached hydrogen (secondary N) is 2. The van der Waals surface area contributed by atoms with E-state index in [9.17, 15) is 14.4 Å². The van der Waals surface area contributed by atoms with Gasteiger partial charge in [-0.05, 0) is 98.2 Å². The Balaban J connectivity index is 1.15. The SMILES string of the molecule is O=C(O)C[C@H]1CC[C@H](c2ccc(NC(=O)CCNC(=O)c3ccc(OCC4CC4)cc3)cc2)CC1. The predicted octanol–water partition coefficient (Wildman–Crippen LogP) is 4.98. The summed E-state index contributed by atoms with van der Waals surface area (Å²) in [6.45, 7) is 0.987. The minimum absolute atomic E-state index is 0.156. The molecule has 7 nitrogen and oxygen atoms in total. The average molecular weight is 479 g/mol. The summed E-state index contributed by atoms with van der Waals surface area (Å²) in [7, 11) is 0. The second-order valence-corrected chi connectivity index (χ2v) is 9.77. The van der Waals surface area contributed by atoms with Crippen LogP contribution in [0.2, 0.25) is 0 Å². The molecular formula is C28H34N2O5. The zero-order chi connectivity index (χ0) is 24.6. The number of hydrogen-bond donors (Lipinski definition) is 3. The average Bonchev–Trinajstić information content (AvgIpc) is 3.68. The van der Waals surface area contributed by atoms with Crippen LogP contribution in [0.3, 0.4) is 0 Å². The fraction of sp³-hybridized carbons (Fsp3) is 0.464. The Morgan fingerprint density at radius 3 is 2.14 bits per heavy atom. The van der Waals surface area contributed by atoms with Gasteiger partial charge in [-0.25, -0.2) is 0 Å². The van der Waals surface area contributed by atoms with Gasteiger partial charge in [-0.3, -0.25) is 14.4 Å². The van der Waals surface area contributed by atoms with Crippen LogP contribution in [0.1, 0.15) is 73.2 Å². The van der Waals surface area contributed by atoms with Crippen LogP contribution in [0, 0.1) is 11.8 Å². The van der Waals surface area contributed by atoms with E-state index in [2.05, 4.69) is 10.6 Å². The Bertz CT molecular complexity index is 1010. The molecule has 0 unspecified atom stereocenters. The highest BCUT2D eigenvalue weighted by molar-refractivity contribution is 5.95. The summed E-state index contributed by atoms with van der Waals surface area (Å²) in [6, 6.07) is 15.0. The lowest BCUT2D eigenvalue weighted by Crippen LogP contribution is -2.27. The van der Waals surface area contributed by atoms with Crippen LogP contribution in [-0.4, -0.2) is 36.0 Å². The fourth-order valence-electron chi connectivity index (χ4n) is 4.60.